The van der Waals surface area contributed by atoms with Gasteiger partial charge in [-0.05, 0) is 25.8 Å². The molecule has 3 heterocycles. The number of carbonyl (C=O) groups excluding carboxylic acids is 2. The van der Waals surface area contributed by atoms with E-state index in [1.54, 1.807) is 7.05 Å². The molecule has 1 atom stereocenters. The number of hydrogen-bond acceptors (Lipinski definition) is 5. The molecule has 0 aromatic rings. The van der Waals surface area contributed by atoms with Gasteiger partial charge in [0.1, 0.15) is 5.71 Å². The second-order valence-electron chi connectivity index (χ2n) is 6.55. The molecule has 2 fully saturated rings. The van der Waals surface area contributed by atoms with Crippen LogP contribution in [0.1, 0.15) is 32.1 Å². The zero-order valence-corrected chi connectivity index (χ0v) is 13.9. The van der Waals surface area contributed by atoms with Gasteiger partial charge in [-0.15, -0.1) is 0 Å². The second kappa shape index (κ2) is 7.40. The zero-order valence-electron chi connectivity index (χ0n) is 13.9. The first-order chi connectivity index (χ1) is 11.1. The summed E-state index contributed by atoms with van der Waals surface area (Å²) in [5.41, 5.74) is 0.514. The van der Waals surface area contributed by atoms with E-state index < -0.39 is 0 Å². The van der Waals surface area contributed by atoms with Crippen molar-refractivity contribution in [3.05, 3.63) is 0 Å². The molecule has 3 aliphatic heterocycles. The lowest BCUT2D eigenvalue weighted by Gasteiger charge is -2.25. The molecule has 2 amide bonds. The predicted octanol–water partition coefficient (Wildman–Crippen LogP) is 0.308. The van der Waals surface area contributed by atoms with E-state index in [0.29, 0.717) is 24.7 Å². The minimum atomic E-state index is -0.0276. The van der Waals surface area contributed by atoms with E-state index in [0.717, 1.165) is 58.6 Å². The molecule has 0 radical (unpaired) electrons. The van der Waals surface area contributed by atoms with Gasteiger partial charge in [-0.1, -0.05) is 0 Å². The van der Waals surface area contributed by atoms with Crippen molar-refractivity contribution in [3.8, 4) is 0 Å². The number of hydrogen-bond donors (Lipinski definition) is 0. The maximum absolute atomic E-state index is 12.6. The highest BCUT2D eigenvalue weighted by Crippen LogP contribution is 2.15. The molecule has 3 aliphatic rings. The molecular formula is C16H26N4O3. The summed E-state index contributed by atoms with van der Waals surface area (Å²) in [6.45, 7) is 5.23. The fourth-order valence-electron chi connectivity index (χ4n) is 3.44. The Bertz CT molecular complexity index is 488. The van der Waals surface area contributed by atoms with E-state index in [-0.39, 0.29) is 11.8 Å². The highest BCUT2D eigenvalue weighted by Gasteiger charge is 2.28. The van der Waals surface area contributed by atoms with Gasteiger partial charge in [-0.3, -0.25) is 14.5 Å². The van der Waals surface area contributed by atoms with Crippen LogP contribution < -0.4 is 0 Å². The Kier molecular flexibility index (Phi) is 5.27. The molecule has 7 nitrogen and oxygen atoms in total. The quantitative estimate of drug-likeness (QED) is 0.750. The van der Waals surface area contributed by atoms with Gasteiger partial charge in [0.2, 0.25) is 5.91 Å². The lowest BCUT2D eigenvalue weighted by atomic mass is 10.1. The fourth-order valence-corrected chi connectivity index (χ4v) is 3.44. The minimum Gasteiger partial charge on any atom is -0.377 e. The van der Waals surface area contributed by atoms with Crippen LogP contribution in [0.4, 0.5) is 0 Å². The number of nitrogens with zero attached hydrogens (tertiary/aromatic N) is 4. The predicted molar refractivity (Wildman–Crippen MR) is 86.1 cm³/mol. The normalized spacial score (nSPS) is 27.1. The molecule has 128 valence electrons. The Hall–Kier alpha value is -1.47. The SMILES string of the molecule is CN1N=C(C(=O)N2CCCN(C[C@@H]3CCCO3)CC2)CCC1=O. The van der Waals surface area contributed by atoms with Gasteiger partial charge in [0, 0.05) is 52.7 Å². The molecule has 0 spiro atoms. The van der Waals surface area contributed by atoms with Crippen molar-refractivity contribution in [2.24, 2.45) is 5.10 Å². The summed E-state index contributed by atoms with van der Waals surface area (Å²) in [4.78, 5) is 28.4. The van der Waals surface area contributed by atoms with Gasteiger partial charge >= 0.3 is 0 Å². The monoisotopic (exact) mass is 322 g/mol. The molecule has 23 heavy (non-hydrogen) atoms. The van der Waals surface area contributed by atoms with Crippen molar-refractivity contribution < 1.29 is 14.3 Å². The lowest BCUT2D eigenvalue weighted by Crippen LogP contribution is -2.42. The van der Waals surface area contributed by atoms with Crippen molar-refractivity contribution >= 4 is 17.5 Å². The van der Waals surface area contributed by atoms with E-state index in [1.165, 1.54) is 5.01 Å². The Morgan fingerprint density at radius 1 is 1.22 bits per heavy atom. The van der Waals surface area contributed by atoms with Crippen molar-refractivity contribution in [1.29, 1.82) is 0 Å². The summed E-state index contributed by atoms with van der Waals surface area (Å²) in [6.07, 6.45) is 4.48. The molecule has 0 aromatic heterocycles. The van der Waals surface area contributed by atoms with E-state index in [4.69, 9.17) is 4.74 Å². The molecule has 2 saturated heterocycles. The summed E-state index contributed by atoms with van der Waals surface area (Å²) >= 11 is 0. The van der Waals surface area contributed by atoms with E-state index >= 15 is 0 Å². The fraction of sp³-hybridized carbons (Fsp3) is 0.812. The van der Waals surface area contributed by atoms with Crippen molar-refractivity contribution in [3.63, 3.8) is 0 Å². The minimum absolute atomic E-state index is 0.0108. The van der Waals surface area contributed by atoms with Crippen LogP contribution in [0.25, 0.3) is 0 Å². The Labute approximate surface area is 137 Å². The van der Waals surface area contributed by atoms with Gasteiger partial charge in [0.25, 0.3) is 5.91 Å². The van der Waals surface area contributed by atoms with Crippen LogP contribution in [0.2, 0.25) is 0 Å². The number of ether oxygens (including phenoxy) is 1. The van der Waals surface area contributed by atoms with E-state index in [2.05, 4.69) is 10.0 Å². The summed E-state index contributed by atoms with van der Waals surface area (Å²) in [5, 5.41) is 5.44. The van der Waals surface area contributed by atoms with Gasteiger partial charge in [-0.2, -0.15) is 5.10 Å². The number of amides is 2. The van der Waals surface area contributed by atoms with Crippen LogP contribution >= 0.6 is 0 Å². The van der Waals surface area contributed by atoms with E-state index in [1.807, 2.05) is 4.90 Å². The molecule has 0 unspecified atom stereocenters. The van der Waals surface area contributed by atoms with Gasteiger partial charge in [0.15, 0.2) is 0 Å². The second-order valence-corrected chi connectivity index (χ2v) is 6.55. The highest BCUT2D eigenvalue weighted by atomic mass is 16.5. The maximum atomic E-state index is 12.6. The van der Waals surface area contributed by atoms with Crippen molar-refractivity contribution in [2.75, 3.05) is 46.4 Å². The average Bonchev–Trinajstić information content (AvgIpc) is 2.94. The van der Waals surface area contributed by atoms with Crippen LogP contribution in [0, 0.1) is 0 Å². The van der Waals surface area contributed by atoms with Crippen LogP contribution in [0.3, 0.4) is 0 Å². The smallest absolute Gasteiger partial charge is 0.270 e. The third-order valence-electron chi connectivity index (χ3n) is 4.82. The first-order valence-electron chi connectivity index (χ1n) is 8.61. The number of rotatable bonds is 3. The molecule has 3 rings (SSSR count). The van der Waals surface area contributed by atoms with Crippen LogP contribution in [0.5, 0.6) is 0 Å². The topological polar surface area (TPSA) is 65.5 Å². The van der Waals surface area contributed by atoms with Crippen LogP contribution in [0.15, 0.2) is 5.10 Å². The highest BCUT2D eigenvalue weighted by molar-refractivity contribution is 6.39. The lowest BCUT2D eigenvalue weighted by molar-refractivity contribution is -0.130. The molecule has 0 N–H and O–H groups in total. The molecule has 0 bridgehead atoms. The van der Waals surface area contributed by atoms with Crippen molar-refractivity contribution in [1.82, 2.24) is 14.8 Å². The molecule has 0 aliphatic carbocycles. The molecule has 7 heteroatoms. The third kappa shape index (κ3) is 4.09. The first-order valence-corrected chi connectivity index (χ1v) is 8.61. The summed E-state index contributed by atoms with van der Waals surface area (Å²) in [5.74, 6) is -0.0385. The Morgan fingerprint density at radius 2 is 2.09 bits per heavy atom. The molecule has 0 saturated carbocycles. The standard InChI is InChI=1S/C16H26N4O3/c1-18-15(21)6-5-14(17-18)16(22)20-8-3-7-19(9-10-20)12-13-4-2-11-23-13/h13H,2-12H2,1H3/t13-/m0/s1. The largest absolute Gasteiger partial charge is 0.377 e. The molecule has 0 aromatic carbocycles. The van der Waals surface area contributed by atoms with E-state index in [9.17, 15) is 9.59 Å². The first kappa shape index (κ1) is 16.4. The Morgan fingerprint density at radius 3 is 2.83 bits per heavy atom. The number of hydrazone groups is 1. The van der Waals surface area contributed by atoms with Gasteiger partial charge < -0.3 is 9.64 Å². The summed E-state index contributed by atoms with van der Waals surface area (Å²) in [6, 6.07) is 0. The summed E-state index contributed by atoms with van der Waals surface area (Å²) < 4.78 is 5.71. The van der Waals surface area contributed by atoms with Crippen LogP contribution in [-0.2, 0) is 14.3 Å². The van der Waals surface area contributed by atoms with Crippen molar-refractivity contribution in [2.45, 2.75) is 38.2 Å². The number of carbonyl (C=O) groups is 2. The Balaban J connectivity index is 1.54. The summed E-state index contributed by atoms with van der Waals surface area (Å²) in [7, 11) is 1.61. The van der Waals surface area contributed by atoms with Gasteiger partial charge in [0.05, 0.1) is 6.10 Å². The molecular weight excluding hydrogens is 296 g/mol. The third-order valence-corrected chi connectivity index (χ3v) is 4.82. The van der Waals surface area contributed by atoms with Crippen LogP contribution in [-0.4, -0.2) is 84.8 Å². The van der Waals surface area contributed by atoms with Gasteiger partial charge in [-0.25, -0.2) is 5.01 Å². The maximum Gasteiger partial charge on any atom is 0.270 e. The average molecular weight is 322 g/mol. The zero-order chi connectivity index (χ0) is 16.2.